The molecule has 0 saturated carbocycles. The number of benzene rings is 2. The maximum atomic E-state index is 12.9. The first-order valence-electron chi connectivity index (χ1n) is 5.39. The molecule has 0 nitrogen and oxygen atoms in total. The smallest absolute Gasteiger partial charge is 0.123 e. The van der Waals surface area contributed by atoms with Gasteiger partial charge >= 0.3 is 0 Å². The van der Waals surface area contributed by atoms with Gasteiger partial charge in [-0.3, -0.25) is 0 Å². The largest absolute Gasteiger partial charge is 0.207 e. The fourth-order valence-electron chi connectivity index (χ4n) is 1.79. The van der Waals surface area contributed by atoms with Crippen molar-refractivity contribution in [1.29, 1.82) is 0 Å². The molecule has 0 unspecified atom stereocenters. The zero-order chi connectivity index (χ0) is 12.3. The van der Waals surface area contributed by atoms with Crippen LogP contribution >= 0.6 is 11.6 Å². The molecular formula is C15H12ClF. The van der Waals surface area contributed by atoms with Crippen molar-refractivity contribution in [2.24, 2.45) is 0 Å². The molecule has 0 aliphatic rings. The maximum Gasteiger partial charge on any atom is 0.123 e. The molecule has 0 aromatic heterocycles. The van der Waals surface area contributed by atoms with E-state index in [9.17, 15) is 4.39 Å². The summed E-state index contributed by atoms with van der Waals surface area (Å²) >= 11 is 6.16. The lowest BCUT2D eigenvalue weighted by atomic mass is 9.98. The highest BCUT2D eigenvalue weighted by atomic mass is 35.5. The SMILES string of the molecule is CC=C(c1ccc(F)cc1)c1ccccc1Cl. The minimum Gasteiger partial charge on any atom is -0.207 e. The highest BCUT2D eigenvalue weighted by Gasteiger charge is 2.07. The van der Waals surface area contributed by atoms with Gasteiger partial charge in [0.05, 0.1) is 0 Å². The normalized spacial score (nSPS) is 11.6. The molecule has 0 atom stereocenters. The van der Waals surface area contributed by atoms with Crippen molar-refractivity contribution < 1.29 is 4.39 Å². The van der Waals surface area contributed by atoms with Gasteiger partial charge in [-0.15, -0.1) is 0 Å². The Balaban J connectivity index is 2.49. The van der Waals surface area contributed by atoms with E-state index in [1.165, 1.54) is 12.1 Å². The Hall–Kier alpha value is -1.60. The molecule has 0 amide bonds. The Bertz CT molecular complexity index is 541. The maximum absolute atomic E-state index is 12.9. The van der Waals surface area contributed by atoms with Gasteiger partial charge in [-0.2, -0.15) is 0 Å². The average Bonchev–Trinajstić information content (AvgIpc) is 2.35. The van der Waals surface area contributed by atoms with E-state index >= 15 is 0 Å². The van der Waals surface area contributed by atoms with Crippen LogP contribution < -0.4 is 0 Å². The molecule has 17 heavy (non-hydrogen) atoms. The van der Waals surface area contributed by atoms with E-state index in [0.717, 1.165) is 16.7 Å². The first kappa shape index (κ1) is 11.9. The minimum absolute atomic E-state index is 0.233. The lowest BCUT2D eigenvalue weighted by Crippen LogP contribution is -1.89. The summed E-state index contributed by atoms with van der Waals surface area (Å²) in [4.78, 5) is 0. The molecule has 86 valence electrons. The third-order valence-electron chi connectivity index (χ3n) is 2.61. The van der Waals surface area contributed by atoms with Gasteiger partial charge in [0.1, 0.15) is 5.82 Å². The highest BCUT2D eigenvalue weighted by molar-refractivity contribution is 6.32. The number of allylic oxidation sites excluding steroid dienone is 1. The Morgan fingerprint density at radius 1 is 1.06 bits per heavy atom. The van der Waals surface area contributed by atoms with Gasteiger partial charge in [-0.25, -0.2) is 4.39 Å². The fourth-order valence-corrected chi connectivity index (χ4v) is 2.02. The van der Waals surface area contributed by atoms with E-state index in [1.807, 2.05) is 37.3 Å². The summed E-state index contributed by atoms with van der Waals surface area (Å²) in [6.07, 6.45) is 1.98. The molecule has 0 radical (unpaired) electrons. The monoisotopic (exact) mass is 246 g/mol. The van der Waals surface area contributed by atoms with Gasteiger partial charge in [0, 0.05) is 10.6 Å². The Kier molecular flexibility index (Phi) is 3.60. The lowest BCUT2D eigenvalue weighted by Gasteiger charge is -2.09. The van der Waals surface area contributed by atoms with Gasteiger partial charge in [0.2, 0.25) is 0 Å². The molecule has 0 N–H and O–H groups in total. The van der Waals surface area contributed by atoms with Crippen LogP contribution in [-0.4, -0.2) is 0 Å². The number of hydrogen-bond acceptors (Lipinski definition) is 0. The molecule has 2 aromatic rings. The van der Waals surface area contributed by atoms with Crippen molar-refractivity contribution in [1.82, 2.24) is 0 Å². The predicted molar refractivity (Wildman–Crippen MR) is 70.6 cm³/mol. The Morgan fingerprint density at radius 2 is 1.71 bits per heavy atom. The zero-order valence-corrected chi connectivity index (χ0v) is 10.2. The molecule has 2 rings (SSSR count). The summed E-state index contributed by atoms with van der Waals surface area (Å²) in [6, 6.07) is 14.1. The first-order valence-corrected chi connectivity index (χ1v) is 5.77. The third kappa shape index (κ3) is 2.56. The van der Waals surface area contributed by atoms with Gasteiger partial charge in [-0.05, 0) is 36.3 Å². The fraction of sp³-hybridized carbons (Fsp3) is 0.0667. The molecule has 0 fully saturated rings. The first-order chi connectivity index (χ1) is 8.22. The molecule has 0 aliphatic heterocycles. The summed E-state index contributed by atoms with van der Waals surface area (Å²) in [5.41, 5.74) is 2.93. The molecule has 0 aliphatic carbocycles. The van der Waals surface area contributed by atoms with Crippen LogP contribution in [0.3, 0.4) is 0 Å². The van der Waals surface area contributed by atoms with Gasteiger partial charge in [0.25, 0.3) is 0 Å². The average molecular weight is 247 g/mol. The van der Waals surface area contributed by atoms with Crippen LogP contribution in [0.25, 0.3) is 5.57 Å². The number of rotatable bonds is 2. The summed E-state index contributed by atoms with van der Waals surface area (Å²) in [5, 5.41) is 0.699. The topological polar surface area (TPSA) is 0 Å². The second-order valence-corrected chi connectivity index (χ2v) is 4.10. The van der Waals surface area contributed by atoms with E-state index in [-0.39, 0.29) is 5.82 Å². The third-order valence-corrected chi connectivity index (χ3v) is 2.94. The molecular weight excluding hydrogens is 235 g/mol. The molecule has 0 saturated heterocycles. The van der Waals surface area contributed by atoms with Crippen LogP contribution in [0.2, 0.25) is 5.02 Å². The van der Waals surface area contributed by atoms with E-state index in [4.69, 9.17) is 11.6 Å². The number of hydrogen-bond donors (Lipinski definition) is 0. The van der Waals surface area contributed by atoms with E-state index in [1.54, 1.807) is 12.1 Å². The second kappa shape index (κ2) is 5.15. The van der Waals surface area contributed by atoms with Crippen molar-refractivity contribution in [3.63, 3.8) is 0 Å². The van der Waals surface area contributed by atoms with Gasteiger partial charge < -0.3 is 0 Å². The quantitative estimate of drug-likeness (QED) is 0.705. The van der Waals surface area contributed by atoms with Crippen LogP contribution in [0.5, 0.6) is 0 Å². The summed E-state index contributed by atoms with van der Waals surface area (Å²) < 4.78 is 12.9. The van der Waals surface area contributed by atoms with E-state index < -0.39 is 0 Å². The van der Waals surface area contributed by atoms with Gasteiger partial charge in [0.15, 0.2) is 0 Å². The van der Waals surface area contributed by atoms with Crippen LogP contribution in [0.1, 0.15) is 18.1 Å². The van der Waals surface area contributed by atoms with Crippen LogP contribution in [-0.2, 0) is 0 Å². The van der Waals surface area contributed by atoms with Crippen molar-refractivity contribution in [3.8, 4) is 0 Å². The molecule has 2 heteroatoms. The predicted octanol–water partition coefficient (Wildman–Crippen LogP) is 4.93. The summed E-state index contributed by atoms with van der Waals surface area (Å²) in [7, 11) is 0. The zero-order valence-electron chi connectivity index (χ0n) is 9.45. The molecule has 0 bridgehead atoms. The standard InChI is InChI=1S/C15H12ClF/c1-2-13(11-7-9-12(17)10-8-11)14-5-3-4-6-15(14)16/h2-10H,1H3. The van der Waals surface area contributed by atoms with Crippen molar-refractivity contribution in [2.75, 3.05) is 0 Å². The van der Waals surface area contributed by atoms with E-state index in [0.29, 0.717) is 5.02 Å². The van der Waals surface area contributed by atoms with Crippen LogP contribution in [0, 0.1) is 5.82 Å². The van der Waals surface area contributed by atoms with E-state index in [2.05, 4.69) is 0 Å². The number of halogens is 2. The summed E-state index contributed by atoms with van der Waals surface area (Å²) in [5.74, 6) is -0.233. The van der Waals surface area contributed by atoms with Crippen molar-refractivity contribution in [3.05, 3.63) is 76.6 Å². The summed E-state index contributed by atoms with van der Waals surface area (Å²) in [6.45, 7) is 1.95. The Morgan fingerprint density at radius 3 is 2.29 bits per heavy atom. The molecule has 0 heterocycles. The van der Waals surface area contributed by atoms with Gasteiger partial charge in [-0.1, -0.05) is 48.0 Å². The van der Waals surface area contributed by atoms with Crippen LogP contribution in [0.15, 0.2) is 54.6 Å². The lowest BCUT2D eigenvalue weighted by molar-refractivity contribution is 0.627. The highest BCUT2D eigenvalue weighted by Crippen LogP contribution is 2.29. The van der Waals surface area contributed by atoms with Crippen LogP contribution in [0.4, 0.5) is 4.39 Å². The Labute approximate surface area is 105 Å². The molecule has 2 aromatic carbocycles. The van der Waals surface area contributed by atoms with Crippen molar-refractivity contribution in [2.45, 2.75) is 6.92 Å². The minimum atomic E-state index is -0.233. The second-order valence-electron chi connectivity index (χ2n) is 3.69. The molecule has 0 spiro atoms. The van der Waals surface area contributed by atoms with Crippen molar-refractivity contribution >= 4 is 17.2 Å².